The summed E-state index contributed by atoms with van der Waals surface area (Å²) in [6, 6.07) is 2.60. The normalized spacial score (nSPS) is 14.8. The predicted octanol–water partition coefficient (Wildman–Crippen LogP) is 3.05. The van der Waals surface area contributed by atoms with Gasteiger partial charge in [0.05, 0.1) is 11.8 Å². The molecule has 1 saturated carbocycles. The van der Waals surface area contributed by atoms with Crippen LogP contribution in [-0.4, -0.2) is 17.6 Å². The Labute approximate surface area is 113 Å². The van der Waals surface area contributed by atoms with Crippen LogP contribution < -0.4 is 5.32 Å². The van der Waals surface area contributed by atoms with Gasteiger partial charge in [0.2, 0.25) is 0 Å². The minimum atomic E-state index is -1.50. The molecule has 0 radical (unpaired) electrons. The van der Waals surface area contributed by atoms with Crippen molar-refractivity contribution in [3.63, 3.8) is 0 Å². The first-order valence-electron chi connectivity index (χ1n) is 6.47. The van der Waals surface area contributed by atoms with Crippen LogP contribution in [0.5, 0.6) is 0 Å². The molecular weight excluding hydrogens is 269 g/mol. The molecule has 1 aliphatic rings. The van der Waals surface area contributed by atoms with Crippen molar-refractivity contribution in [3.05, 3.63) is 41.7 Å². The number of halogens is 3. The van der Waals surface area contributed by atoms with Gasteiger partial charge in [-0.15, -0.1) is 0 Å². The third kappa shape index (κ3) is 2.70. The van der Waals surface area contributed by atoms with Crippen LogP contribution in [-0.2, 0) is 6.42 Å². The smallest absolute Gasteiger partial charge is 0.196 e. The van der Waals surface area contributed by atoms with E-state index in [-0.39, 0.29) is 11.3 Å². The first-order chi connectivity index (χ1) is 9.65. The number of nitrogens with one attached hydrogen (secondary N) is 1. The quantitative estimate of drug-likeness (QED) is 0.857. The maximum Gasteiger partial charge on any atom is 0.196 e. The zero-order valence-electron chi connectivity index (χ0n) is 10.6. The van der Waals surface area contributed by atoms with Gasteiger partial charge in [0, 0.05) is 19.0 Å². The van der Waals surface area contributed by atoms with Crippen molar-refractivity contribution in [2.45, 2.75) is 25.3 Å². The summed E-state index contributed by atoms with van der Waals surface area (Å²) < 4.78 is 45.0. The number of nitrogens with zero attached hydrogens (tertiary/aromatic N) is 1. The van der Waals surface area contributed by atoms with E-state index < -0.39 is 17.5 Å². The van der Waals surface area contributed by atoms with Crippen LogP contribution in [0.1, 0.15) is 18.7 Å². The van der Waals surface area contributed by atoms with E-state index in [9.17, 15) is 13.2 Å². The van der Waals surface area contributed by atoms with Crippen LogP contribution in [0.3, 0.4) is 0 Å². The number of aromatic nitrogens is 1. The molecule has 1 aromatic heterocycles. The molecule has 1 aromatic carbocycles. The molecule has 0 saturated heterocycles. The second-order valence-corrected chi connectivity index (χ2v) is 4.82. The first kappa shape index (κ1) is 13.2. The number of rotatable bonds is 5. The topological polar surface area (TPSA) is 38.1 Å². The molecule has 0 unspecified atom stereocenters. The van der Waals surface area contributed by atoms with Crippen LogP contribution >= 0.6 is 0 Å². The fourth-order valence-electron chi connectivity index (χ4n) is 1.94. The summed E-state index contributed by atoms with van der Waals surface area (Å²) in [7, 11) is 0. The molecule has 2 aromatic rings. The van der Waals surface area contributed by atoms with E-state index in [0.717, 1.165) is 18.7 Å². The Morgan fingerprint density at radius 2 is 2.00 bits per heavy atom. The Morgan fingerprint density at radius 3 is 2.75 bits per heavy atom. The van der Waals surface area contributed by atoms with E-state index in [1.807, 2.05) is 0 Å². The van der Waals surface area contributed by atoms with Gasteiger partial charge in [-0.1, -0.05) is 0 Å². The van der Waals surface area contributed by atoms with Gasteiger partial charge >= 0.3 is 0 Å². The second-order valence-electron chi connectivity index (χ2n) is 4.82. The highest BCUT2D eigenvalue weighted by Gasteiger charge is 2.20. The lowest BCUT2D eigenvalue weighted by Crippen LogP contribution is -2.19. The van der Waals surface area contributed by atoms with E-state index in [1.54, 1.807) is 0 Å². The molecule has 0 bridgehead atoms. The van der Waals surface area contributed by atoms with Gasteiger partial charge < -0.3 is 9.73 Å². The number of benzene rings is 1. The maximum absolute atomic E-state index is 13.6. The Balaban J connectivity index is 1.73. The molecule has 1 aliphatic carbocycles. The largest absolute Gasteiger partial charge is 0.441 e. The van der Waals surface area contributed by atoms with Crippen LogP contribution in [0.2, 0.25) is 0 Å². The van der Waals surface area contributed by atoms with E-state index in [1.165, 1.54) is 19.0 Å². The van der Waals surface area contributed by atoms with Crippen molar-refractivity contribution >= 4 is 0 Å². The summed E-state index contributed by atoms with van der Waals surface area (Å²) in [5.74, 6) is -3.45. The lowest BCUT2D eigenvalue weighted by molar-refractivity contribution is 0.444. The predicted molar refractivity (Wildman–Crippen MR) is 66.5 cm³/mol. The van der Waals surface area contributed by atoms with Crippen LogP contribution in [0.4, 0.5) is 13.2 Å². The molecular formula is C14H13F3N2O. The summed E-state index contributed by atoms with van der Waals surface area (Å²) in [5.41, 5.74) is -0.127. The molecule has 1 heterocycles. The third-order valence-electron chi connectivity index (χ3n) is 3.20. The summed E-state index contributed by atoms with van der Waals surface area (Å²) >= 11 is 0. The minimum absolute atomic E-state index is 0.0998. The van der Waals surface area contributed by atoms with Crippen LogP contribution in [0.25, 0.3) is 11.3 Å². The molecule has 6 heteroatoms. The zero-order chi connectivity index (χ0) is 14.1. The SMILES string of the molecule is Fc1ccc(-c2cnc(CCNC3CC3)o2)c(F)c1F. The fourth-order valence-corrected chi connectivity index (χ4v) is 1.94. The Bertz CT molecular complexity index is 623. The summed E-state index contributed by atoms with van der Waals surface area (Å²) in [6.45, 7) is 0.727. The van der Waals surface area contributed by atoms with Crippen molar-refractivity contribution in [1.29, 1.82) is 0 Å². The third-order valence-corrected chi connectivity index (χ3v) is 3.20. The summed E-state index contributed by atoms with van der Waals surface area (Å²) in [5, 5.41) is 3.30. The van der Waals surface area contributed by atoms with Gasteiger partial charge in [0.25, 0.3) is 0 Å². The molecule has 20 heavy (non-hydrogen) atoms. The van der Waals surface area contributed by atoms with Crippen molar-refractivity contribution < 1.29 is 17.6 Å². The summed E-state index contributed by atoms with van der Waals surface area (Å²) in [6.07, 6.45) is 4.28. The Hall–Kier alpha value is -1.82. The van der Waals surface area contributed by atoms with Gasteiger partial charge in [0.15, 0.2) is 29.1 Å². The average molecular weight is 282 g/mol. The van der Waals surface area contributed by atoms with Gasteiger partial charge in [0.1, 0.15) is 0 Å². The van der Waals surface area contributed by atoms with Crippen molar-refractivity contribution in [3.8, 4) is 11.3 Å². The molecule has 3 nitrogen and oxygen atoms in total. The average Bonchev–Trinajstić information content (AvgIpc) is 3.14. The molecule has 0 aliphatic heterocycles. The molecule has 106 valence electrons. The Morgan fingerprint density at radius 1 is 1.20 bits per heavy atom. The van der Waals surface area contributed by atoms with Gasteiger partial charge in [-0.05, 0) is 25.0 Å². The van der Waals surface area contributed by atoms with Crippen LogP contribution in [0.15, 0.2) is 22.7 Å². The Kier molecular flexibility index (Phi) is 3.48. The van der Waals surface area contributed by atoms with E-state index in [2.05, 4.69) is 10.3 Å². The highest BCUT2D eigenvalue weighted by Crippen LogP contribution is 2.26. The van der Waals surface area contributed by atoms with E-state index in [0.29, 0.717) is 18.4 Å². The highest BCUT2D eigenvalue weighted by atomic mass is 19.2. The molecule has 0 amide bonds. The number of hydrogen-bond acceptors (Lipinski definition) is 3. The number of hydrogen-bond donors (Lipinski definition) is 1. The van der Waals surface area contributed by atoms with Crippen molar-refractivity contribution in [2.75, 3.05) is 6.54 Å². The van der Waals surface area contributed by atoms with Gasteiger partial charge in [-0.3, -0.25) is 0 Å². The lowest BCUT2D eigenvalue weighted by Gasteiger charge is -2.01. The van der Waals surface area contributed by atoms with Gasteiger partial charge in [-0.25, -0.2) is 18.2 Å². The minimum Gasteiger partial charge on any atom is -0.441 e. The standard InChI is InChI=1S/C14H13F3N2O/c15-10-4-3-9(13(16)14(10)17)11-7-19-12(20-11)5-6-18-8-1-2-8/h3-4,7-8,18H,1-2,5-6H2. The van der Waals surface area contributed by atoms with Crippen LogP contribution in [0, 0.1) is 17.5 Å². The molecule has 0 atom stereocenters. The summed E-state index contributed by atoms with van der Waals surface area (Å²) in [4.78, 5) is 4.01. The first-order valence-corrected chi connectivity index (χ1v) is 6.47. The monoisotopic (exact) mass is 282 g/mol. The molecule has 1 N–H and O–H groups in total. The molecule has 0 spiro atoms. The number of oxazole rings is 1. The molecule has 1 fully saturated rings. The fraction of sp³-hybridized carbons (Fsp3) is 0.357. The lowest BCUT2D eigenvalue weighted by atomic mass is 10.1. The second kappa shape index (κ2) is 5.28. The molecule has 3 rings (SSSR count). The van der Waals surface area contributed by atoms with Gasteiger partial charge in [-0.2, -0.15) is 0 Å². The van der Waals surface area contributed by atoms with Crippen molar-refractivity contribution in [1.82, 2.24) is 10.3 Å². The van der Waals surface area contributed by atoms with E-state index >= 15 is 0 Å². The van der Waals surface area contributed by atoms with Crippen molar-refractivity contribution in [2.24, 2.45) is 0 Å². The highest BCUT2D eigenvalue weighted by molar-refractivity contribution is 5.57. The zero-order valence-corrected chi connectivity index (χ0v) is 10.6. The maximum atomic E-state index is 13.6. The van der Waals surface area contributed by atoms with E-state index in [4.69, 9.17) is 4.42 Å².